The number of aliphatic hydroxyl groups excluding tert-OH is 3. The van der Waals surface area contributed by atoms with Gasteiger partial charge in [0.2, 0.25) is 5.91 Å². The molecular weight excluding hydrogens is 859 g/mol. The fraction of sp³-hybridized carbons (Fsp3) is 0.985. The minimum atomic E-state index is -1.07. The molecule has 0 rings (SSSR count). The molecule has 1 amide bonds. The number of hydrogen-bond donors (Lipinski definition) is 4. The maximum Gasteiger partial charge on any atom is 0.249 e. The summed E-state index contributed by atoms with van der Waals surface area (Å²) in [6.07, 6.45) is 76.3. The van der Waals surface area contributed by atoms with Crippen LogP contribution in [0.4, 0.5) is 0 Å². The fourth-order valence-corrected chi connectivity index (χ4v) is 10.9. The van der Waals surface area contributed by atoms with E-state index < -0.39 is 24.2 Å². The molecule has 0 aliphatic heterocycles. The minimum Gasteiger partial charge on any atom is -0.394 e. The van der Waals surface area contributed by atoms with Crippen LogP contribution in [0.5, 0.6) is 0 Å². The summed E-state index contributed by atoms with van der Waals surface area (Å²) in [7, 11) is 0. The lowest BCUT2D eigenvalue weighted by atomic mass is 10.0. The average molecular weight is 991 g/mol. The molecule has 0 fully saturated rings. The van der Waals surface area contributed by atoms with E-state index >= 15 is 0 Å². The highest BCUT2D eigenvalue weighted by molar-refractivity contribution is 5.80. The number of amides is 1. The SMILES string of the molecule is CCCCCCCCCCCCCCCCCCCCCCCCCCCCCCCCCCCCCCCCC(O)C(=O)NC(CO)C(O)CCCCCCCCCCCCCCCCCCCC. The van der Waals surface area contributed by atoms with E-state index in [1.165, 1.54) is 327 Å². The Kier molecular flexibility index (Phi) is 60.3. The Balaban J connectivity index is 3.39. The molecular formula is C65H131NO4. The lowest BCUT2D eigenvalue weighted by Gasteiger charge is -2.23. The Bertz CT molecular complexity index is 960. The summed E-state index contributed by atoms with van der Waals surface area (Å²) in [5.41, 5.74) is 0. The van der Waals surface area contributed by atoms with Crippen LogP contribution < -0.4 is 5.32 Å². The highest BCUT2D eigenvalue weighted by atomic mass is 16.3. The molecule has 0 aromatic carbocycles. The summed E-state index contributed by atoms with van der Waals surface area (Å²) >= 11 is 0. The first-order chi connectivity index (χ1) is 34.6. The van der Waals surface area contributed by atoms with Crippen molar-refractivity contribution < 1.29 is 20.1 Å². The Morgan fingerprint density at radius 3 is 0.643 bits per heavy atom. The van der Waals surface area contributed by atoms with Gasteiger partial charge in [-0.25, -0.2) is 0 Å². The van der Waals surface area contributed by atoms with Crippen molar-refractivity contribution in [3.63, 3.8) is 0 Å². The van der Waals surface area contributed by atoms with Crippen molar-refractivity contribution in [2.75, 3.05) is 6.61 Å². The molecule has 0 aromatic heterocycles. The zero-order chi connectivity index (χ0) is 50.7. The second kappa shape index (κ2) is 60.9. The molecule has 5 heteroatoms. The predicted molar refractivity (Wildman–Crippen MR) is 310 cm³/mol. The predicted octanol–water partition coefficient (Wildman–Crippen LogP) is 20.9. The van der Waals surface area contributed by atoms with Gasteiger partial charge in [0.15, 0.2) is 0 Å². The zero-order valence-corrected chi connectivity index (χ0v) is 48.2. The highest BCUT2D eigenvalue weighted by Gasteiger charge is 2.23. The van der Waals surface area contributed by atoms with E-state index in [4.69, 9.17) is 0 Å². The van der Waals surface area contributed by atoms with Crippen molar-refractivity contribution in [2.45, 2.75) is 405 Å². The van der Waals surface area contributed by atoms with Crippen molar-refractivity contribution in [3.05, 3.63) is 0 Å². The topological polar surface area (TPSA) is 89.8 Å². The highest BCUT2D eigenvalue weighted by Crippen LogP contribution is 2.20. The smallest absolute Gasteiger partial charge is 0.249 e. The van der Waals surface area contributed by atoms with E-state index in [0.717, 1.165) is 32.1 Å². The summed E-state index contributed by atoms with van der Waals surface area (Å²) in [4.78, 5) is 12.6. The van der Waals surface area contributed by atoms with Crippen molar-refractivity contribution >= 4 is 5.91 Å². The van der Waals surface area contributed by atoms with Crippen LogP contribution in [0.15, 0.2) is 0 Å². The summed E-state index contributed by atoms with van der Waals surface area (Å²) < 4.78 is 0. The van der Waals surface area contributed by atoms with Gasteiger partial charge in [-0.3, -0.25) is 4.79 Å². The van der Waals surface area contributed by atoms with Crippen LogP contribution in [0.1, 0.15) is 386 Å². The Morgan fingerprint density at radius 2 is 0.457 bits per heavy atom. The molecule has 420 valence electrons. The fourth-order valence-electron chi connectivity index (χ4n) is 10.9. The molecule has 3 atom stereocenters. The minimum absolute atomic E-state index is 0.307. The molecule has 0 heterocycles. The third kappa shape index (κ3) is 55.1. The lowest BCUT2D eigenvalue weighted by molar-refractivity contribution is -0.131. The number of carbonyl (C=O) groups excluding carboxylic acids is 1. The second-order valence-electron chi connectivity index (χ2n) is 23.1. The molecule has 0 radical (unpaired) electrons. The van der Waals surface area contributed by atoms with Crippen LogP contribution >= 0.6 is 0 Å². The maximum absolute atomic E-state index is 12.6. The van der Waals surface area contributed by atoms with Gasteiger partial charge in [-0.15, -0.1) is 0 Å². The number of aliphatic hydroxyl groups is 3. The van der Waals surface area contributed by atoms with Gasteiger partial charge in [-0.05, 0) is 12.8 Å². The first-order valence-electron chi connectivity index (χ1n) is 32.8. The van der Waals surface area contributed by atoms with E-state index in [1.54, 1.807) is 0 Å². The van der Waals surface area contributed by atoms with Gasteiger partial charge in [0.05, 0.1) is 18.8 Å². The van der Waals surface area contributed by atoms with Crippen LogP contribution in [-0.4, -0.2) is 46.1 Å². The normalized spacial score (nSPS) is 13.0. The second-order valence-corrected chi connectivity index (χ2v) is 23.1. The first-order valence-corrected chi connectivity index (χ1v) is 32.8. The number of hydrogen-bond acceptors (Lipinski definition) is 4. The molecule has 70 heavy (non-hydrogen) atoms. The van der Waals surface area contributed by atoms with Gasteiger partial charge < -0.3 is 20.6 Å². The molecule has 0 spiro atoms. The van der Waals surface area contributed by atoms with Gasteiger partial charge in [0.1, 0.15) is 6.10 Å². The Labute approximate surface area is 440 Å². The van der Waals surface area contributed by atoms with Gasteiger partial charge in [-0.1, -0.05) is 373 Å². The van der Waals surface area contributed by atoms with E-state index in [-0.39, 0.29) is 6.61 Å². The van der Waals surface area contributed by atoms with Gasteiger partial charge in [-0.2, -0.15) is 0 Å². The number of carbonyl (C=O) groups is 1. The summed E-state index contributed by atoms with van der Waals surface area (Å²) in [5, 5.41) is 33.6. The summed E-state index contributed by atoms with van der Waals surface area (Å²) in [6, 6.07) is -0.708. The van der Waals surface area contributed by atoms with Crippen LogP contribution in [0.2, 0.25) is 0 Å². The van der Waals surface area contributed by atoms with Crippen LogP contribution in [0.3, 0.4) is 0 Å². The molecule has 5 nitrogen and oxygen atoms in total. The summed E-state index contributed by atoms with van der Waals surface area (Å²) in [5.74, 6) is -0.461. The number of unbranched alkanes of at least 4 members (excludes halogenated alkanes) is 54. The van der Waals surface area contributed by atoms with Gasteiger partial charge in [0, 0.05) is 0 Å². The summed E-state index contributed by atoms with van der Waals surface area (Å²) in [6.45, 7) is 4.28. The monoisotopic (exact) mass is 990 g/mol. The van der Waals surface area contributed by atoms with Crippen molar-refractivity contribution in [3.8, 4) is 0 Å². The van der Waals surface area contributed by atoms with Gasteiger partial charge >= 0.3 is 0 Å². The van der Waals surface area contributed by atoms with Crippen LogP contribution in [0, 0.1) is 0 Å². The molecule has 4 N–H and O–H groups in total. The molecule has 0 saturated carbocycles. The average Bonchev–Trinajstić information content (AvgIpc) is 3.36. The first kappa shape index (κ1) is 69.3. The van der Waals surface area contributed by atoms with Crippen molar-refractivity contribution in [1.29, 1.82) is 0 Å². The third-order valence-electron chi connectivity index (χ3n) is 16.0. The number of nitrogens with one attached hydrogen (secondary N) is 1. The van der Waals surface area contributed by atoms with Crippen LogP contribution in [-0.2, 0) is 4.79 Å². The molecule has 3 unspecified atom stereocenters. The largest absolute Gasteiger partial charge is 0.394 e. The Morgan fingerprint density at radius 1 is 0.286 bits per heavy atom. The van der Waals surface area contributed by atoms with Crippen LogP contribution in [0.25, 0.3) is 0 Å². The van der Waals surface area contributed by atoms with Crippen molar-refractivity contribution in [2.24, 2.45) is 0 Å². The van der Waals surface area contributed by atoms with E-state index in [2.05, 4.69) is 19.2 Å². The molecule has 0 aromatic rings. The maximum atomic E-state index is 12.6. The van der Waals surface area contributed by atoms with E-state index in [0.29, 0.717) is 12.8 Å². The molecule has 0 saturated heterocycles. The Hall–Kier alpha value is -0.650. The zero-order valence-electron chi connectivity index (χ0n) is 48.2. The quantitative estimate of drug-likeness (QED) is 0.0457. The van der Waals surface area contributed by atoms with E-state index in [9.17, 15) is 20.1 Å². The standard InChI is InChI=1S/C65H131NO4/c1-3-5-7-9-11-13-15-17-19-21-23-24-25-26-27-28-29-30-31-32-33-34-35-36-37-38-39-40-41-42-44-46-48-50-52-54-56-58-60-64(69)65(70)66-62(61-67)63(68)59-57-55-53-51-49-47-45-43-22-20-18-16-14-12-10-8-6-4-2/h62-64,67-69H,3-61H2,1-2H3,(H,66,70). The number of rotatable bonds is 62. The molecule has 0 aliphatic rings. The van der Waals surface area contributed by atoms with Gasteiger partial charge in [0.25, 0.3) is 0 Å². The molecule has 0 bridgehead atoms. The van der Waals surface area contributed by atoms with E-state index in [1.807, 2.05) is 0 Å². The molecule has 0 aliphatic carbocycles. The lowest BCUT2D eigenvalue weighted by Crippen LogP contribution is -2.49. The van der Waals surface area contributed by atoms with Crippen molar-refractivity contribution in [1.82, 2.24) is 5.32 Å². The third-order valence-corrected chi connectivity index (χ3v) is 16.0.